The van der Waals surface area contributed by atoms with Crippen LogP contribution in [-0.4, -0.2) is 13.4 Å². The van der Waals surface area contributed by atoms with Gasteiger partial charge in [-0.25, -0.2) is 13.4 Å². The molecular weight excluding hydrogens is 344 g/mol. The number of anilines is 3. The van der Waals surface area contributed by atoms with Crippen LogP contribution >= 0.6 is 11.3 Å². The van der Waals surface area contributed by atoms with Crippen molar-refractivity contribution in [2.24, 2.45) is 0 Å². The van der Waals surface area contributed by atoms with Crippen molar-refractivity contribution in [3.05, 3.63) is 65.7 Å². The standard InChI is InChI=1S/C16H12N4O2S2/c17-10-12-4-1-2-5-14(12)19-13-7-8-15(18-11-13)20-24(21,22)16-6-3-9-23-16/h1-9,11,19H,(H,18,20). The van der Waals surface area contributed by atoms with Crippen LogP contribution in [0.2, 0.25) is 0 Å². The molecule has 8 heteroatoms. The Balaban J connectivity index is 1.76. The summed E-state index contributed by atoms with van der Waals surface area (Å²) in [5.74, 6) is 0.225. The molecule has 0 spiro atoms. The zero-order chi connectivity index (χ0) is 17.0. The average molecular weight is 356 g/mol. The van der Waals surface area contributed by atoms with Gasteiger partial charge in [0.25, 0.3) is 10.0 Å². The maximum Gasteiger partial charge on any atom is 0.272 e. The van der Waals surface area contributed by atoms with Gasteiger partial charge in [-0.3, -0.25) is 4.72 Å². The lowest BCUT2D eigenvalue weighted by atomic mass is 10.2. The Morgan fingerprint density at radius 3 is 2.58 bits per heavy atom. The van der Waals surface area contributed by atoms with Crippen LogP contribution in [0.3, 0.4) is 0 Å². The molecule has 3 rings (SSSR count). The smallest absolute Gasteiger partial charge is 0.272 e. The molecule has 0 aliphatic carbocycles. The number of rotatable bonds is 5. The molecule has 1 aromatic carbocycles. The van der Waals surface area contributed by atoms with Crippen molar-refractivity contribution in [2.45, 2.75) is 4.21 Å². The Bertz CT molecular complexity index is 976. The fraction of sp³-hybridized carbons (Fsp3) is 0. The lowest BCUT2D eigenvalue weighted by Gasteiger charge is -2.09. The summed E-state index contributed by atoms with van der Waals surface area (Å²) in [4.78, 5) is 4.09. The maximum absolute atomic E-state index is 12.1. The fourth-order valence-corrected chi connectivity index (χ4v) is 3.98. The van der Waals surface area contributed by atoms with Gasteiger partial charge in [0.05, 0.1) is 23.1 Å². The van der Waals surface area contributed by atoms with Crippen molar-refractivity contribution in [3.63, 3.8) is 0 Å². The van der Waals surface area contributed by atoms with Crippen LogP contribution in [0.15, 0.2) is 64.3 Å². The Kier molecular flexibility index (Phi) is 4.46. The summed E-state index contributed by atoms with van der Waals surface area (Å²) in [6.45, 7) is 0. The summed E-state index contributed by atoms with van der Waals surface area (Å²) in [5.41, 5.74) is 1.82. The summed E-state index contributed by atoms with van der Waals surface area (Å²) in [5, 5.41) is 13.9. The number of hydrogen-bond donors (Lipinski definition) is 2. The second-order valence-electron chi connectivity index (χ2n) is 4.75. The van der Waals surface area contributed by atoms with Gasteiger partial charge in [0.2, 0.25) is 0 Å². The zero-order valence-corrected chi connectivity index (χ0v) is 13.9. The van der Waals surface area contributed by atoms with Crippen LogP contribution in [0.4, 0.5) is 17.2 Å². The first-order chi connectivity index (χ1) is 11.6. The molecule has 0 amide bonds. The lowest BCUT2D eigenvalue weighted by molar-refractivity contribution is 0.603. The molecule has 0 aliphatic heterocycles. The number of sulfonamides is 1. The normalized spacial score (nSPS) is 10.8. The van der Waals surface area contributed by atoms with Gasteiger partial charge in [-0.2, -0.15) is 5.26 Å². The monoisotopic (exact) mass is 356 g/mol. The molecule has 0 radical (unpaired) electrons. The van der Waals surface area contributed by atoms with E-state index in [1.165, 1.54) is 12.3 Å². The highest BCUT2D eigenvalue weighted by Crippen LogP contribution is 2.22. The van der Waals surface area contributed by atoms with E-state index < -0.39 is 10.0 Å². The van der Waals surface area contributed by atoms with Crippen LogP contribution in [0.25, 0.3) is 0 Å². The Hall–Kier alpha value is -2.89. The van der Waals surface area contributed by atoms with Gasteiger partial charge in [0.15, 0.2) is 0 Å². The van der Waals surface area contributed by atoms with Crippen molar-refractivity contribution in [2.75, 3.05) is 10.0 Å². The minimum Gasteiger partial charge on any atom is -0.353 e. The first kappa shape index (κ1) is 16.0. The predicted molar refractivity (Wildman–Crippen MR) is 93.8 cm³/mol. The van der Waals surface area contributed by atoms with Gasteiger partial charge in [0, 0.05) is 0 Å². The fourth-order valence-electron chi connectivity index (χ4n) is 1.98. The number of pyridine rings is 1. The van der Waals surface area contributed by atoms with E-state index in [9.17, 15) is 8.42 Å². The molecular formula is C16H12N4O2S2. The highest BCUT2D eigenvalue weighted by Gasteiger charge is 2.15. The summed E-state index contributed by atoms with van der Waals surface area (Å²) in [6, 6.07) is 15.6. The number of thiophene rings is 1. The van der Waals surface area contributed by atoms with E-state index in [1.807, 2.05) is 6.07 Å². The molecule has 2 N–H and O–H groups in total. The minimum absolute atomic E-state index is 0.225. The quantitative estimate of drug-likeness (QED) is 0.729. The maximum atomic E-state index is 12.1. The van der Waals surface area contributed by atoms with Crippen molar-refractivity contribution in [1.29, 1.82) is 5.26 Å². The van der Waals surface area contributed by atoms with E-state index in [4.69, 9.17) is 5.26 Å². The number of nitrogens with zero attached hydrogens (tertiary/aromatic N) is 2. The molecule has 0 atom stereocenters. The highest BCUT2D eigenvalue weighted by atomic mass is 32.2. The number of aromatic nitrogens is 1. The summed E-state index contributed by atoms with van der Waals surface area (Å²) in [7, 11) is -3.61. The predicted octanol–water partition coefficient (Wildman–Crippen LogP) is 3.56. The van der Waals surface area contributed by atoms with E-state index in [-0.39, 0.29) is 10.0 Å². The van der Waals surface area contributed by atoms with E-state index >= 15 is 0 Å². The van der Waals surface area contributed by atoms with Crippen molar-refractivity contribution >= 4 is 38.6 Å². The topological polar surface area (TPSA) is 94.9 Å². The van der Waals surface area contributed by atoms with Gasteiger partial charge in [-0.15, -0.1) is 11.3 Å². The molecule has 24 heavy (non-hydrogen) atoms. The second-order valence-corrected chi connectivity index (χ2v) is 7.61. The van der Waals surface area contributed by atoms with E-state index in [0.717, 1.165) is 11.3 Å². The number of benzene rings is 1. The summed E-state index contributed by atoms with van der Waals surface area (Å²) in [6.07, 6.45) is 1.50. The van der Waals surface area contributed by atoms with E-state index in [0.29, 0.717) is 16.9 Å². The minimum atomic E-state index is -3.61. The molecule has 0 unspecified atom stereocenters. The van der Waals surface area contributed by atoms with Gasteiger partial charge in [-0.1, -0.05) is 18.2 Å². The largest absolute Gasteiger partial charge is 0.353 e. The van der Waals surface area contributed by atoms with E-state index in [2.05, 4.69) is 21.1 Å². The highest BCUT2D eigenvalue weighted by molar-refractivity contribution is 7.94. The van der Waals surface area contributed by atoms with Gasteiger partial charge >= 0.3 is 0 Å². The Morgan fingerprint density at radius 1 is 1.08 bits per heavy atom. The molecule has 2 heterocycles. The van der Waals surface area contributed by atoms with E-state index in [1.54, 1.807) is 41.8 Å². The Morgan fingerprint density at radius 2 is 1.92 bits per heavy atom. The van der Waals surface area contributed by atoms with Crippen LogP contribution in [0.1, 0.15) is 5.56 Å². The third kappa shape index (κ3) is 3.53. The van der Waals surface area contributed by atoms with Crippen molar-refractivity contribution in [3.8, 4) is 6.07 Å². The molecule has 0 fully saturated rings. The zero-order valence-electron chi connectivity index (χ0n) is 12.3. The first-order valence-electron chi connectivity index (χ1n) is 6.87. The molecule has 0 aliphatic rings. The average Bonchev–Trinajstić information content (AvgIpc) is 3.12. The molecule has 0 saturated heterocycles. The van der Waals surface area contributed by atoms with Crippen molar-refractivity contribution in [1.82, 2.24) is 4.98 Å². The molecule has 0 saturated carbocycles. The number of hydrogen-bond acceptors (Lipinski definition) is 6. The lowest BCUT2D eigenvalue weighted by Crippen LogP contribution is -2.12. The third-order valence-corrected chi connectivity index (χ3v) is 5.84. The summed E-state index contributed by atoms with van der Waals surface area (Å²) < 4.78 is 26.9. The van der Waals surface area contributed by atoms with Gasteiger partial charge in [-0.05, 0) is 35.7 Å². The van der Waals surface area contributed by atoms with Gasteiger partial charge in [0.1, 0.15) is 16.1 Å². The van der Waals surface area contributed by atoms with Crippen LogP contribution in [-0.2, 0) is 10.0 Å². The van der Waals surface area contributed by atoms with Crippen LogP contribution in [0, 0.1) is 11.3 Å². The third-order valence-electron chi connectivity index (χ3n) is 3.09. The number of nitrogens with one attached hydrogen (secondary N) is 2. The summed E-state index contributed by atoms with van der Waals surface area (Å²) >= 11 is 1.14. The van der Waals surface area contributed by atoms with Gasteiger partial charge < -0.3 is 5.32 Å². The first-order valence-corrected chi connectivity index (χ1v) is 9.23. The van der Waals surface area contributed by atoms with Crippen molar-refractivity contribution < 1.29 is 8.42 Å². The Labute approximate surface area is 143 Å². The van der Waals surface area contributed by atoms with Crippen LogP contribution in [0.5, 0.6) is 0 Å². The van der Waals surface area contributed by atoms with Crippen LogP contribution < -0.4 is 10.0 Å². The molecule has 3 aromatic rings. The molecule has 120 valence electrons. The number of para-hydroxylation sites is 1. The molecule has 2 aromatic heterocycles. The molecule has 6 nitrogen and oxygen atoms in total. The second kappa shape index (κ2) is 6.70. The SMILES string of the molecule is N#Cc1ccccc1Nc1ccc(NS(=O)(=O)c2cccs2)nc1. The number of nitriles is 1. The molecule has 0 bridgehead atoms.